The summed E-state index contributed by atoms with van der Waals surface area (Å²) in [6.07, 6.45) is 6.84. The number of likely N-dealkylation sites (tertiary alicyclic amines) is 1. The van der Waals surface area contributed by atoms with Gasteiger partial charge >= 0.3 is 0 Å². The third-order valence-corrected chi connectivity index (χ3v) is 5.70. The number of piperidine rings is 1. The molecule has 7 heteroatoms. The van der Waals surface area contributed by atoms with Gasteiger partial charge in [0.05, 0.1) is 17.3 Å². The number of hydrogen-bond donors (Lipinski definition) is 0. The van der Waals surface area contributed by atoms with E-state index in [1.54, 1.807) is 12.4 Å². The molecule has 3 aromatic heterocycles. The van der Waals surface area contributed by atoms with Gasteiger partial charge in [-0.2, -0.15) is 0 Å². The molecular formula is C24H24FN5O. The van der Waals surface area contributed by atoms with E-state index in [2.05, 4.69) is 36.6 Å². The summed E-state index contributed by atoms with van der Waals surface area (Å²) in [5, 5.41) is 0.941. The van der Waals surface area contributed by atoms with Gasteiger partial charge < -0.3 is 9.30 Å². The minimum absolute atomic E-state index is 0.119. The second kappa shape index (κ2) is 8.81. The van der Waals surface area contributed by atoms with Crippen LogP contribution in [0.1, 0.15) is 24.1 Å². The molecule has 1 aromatic carbocycles. The van der Waals surface area contributed by atoms with Crippen LogP contribution in [0.3, 0.4) is 0 Å². The van der Waals surface area contributed by atoms with E-state index >= 15 is 0 Å². The van der Waals surface area contributed by atoms with Gasteiger partial charge in [0.15, 0.2) is 0 Å². The Labute approximate surface area is 180 Å². The first kappa shape index (κ1) is 19.6. The van der Waals surface area contributed by atoms with Gasteiger partial charge in [0.1, 0.15) is 23.9 Å². The molecule has 1 saturated heterocycles. The third-order valence-electron chi connectivity index (χ3n) is 5.70. The number of rotatable bonds is 6. The first-order valence-electron chi connectivity index (χ1n) is 10.6. The van der Waals surface area contributed by atoms with Crippen LogP contribution in [0.2, 0.25) is 0 Å². The molecule has 0 spiro atoms. The zero-order chi connectivity index (χ0) is 21.0. The highest BCUT2D eigenvalue weighted by Gasteiger charge is 2.22. The maximum absolute atomic E-state index is 13.0. The van der Waals surface area contributed by atoms with Gasteiger partial charge in [-0.25, -0.2) is 14.4 Å². The molecule has 5 rings (SSSR count). The predicted molar refractivity (Wildman–Crippen MR) is 116 cm³/mol. The highest BCUT2D eigenvalue weighted by atomic mass is 19.1. The van der Waals surface area contributed by atoms with E-state index < -0.39 is 0 Å². The number of aromatic nitrogens is 4. The van der Waals surface area contributed by atoms with Crippen molar-refractivity contribution in [2.75, 3.05) is 13.1 Å². The standard InChI is InChI=1S/C24H24FN5O/c25-19-6-7-20(26-14-19)16-29-11-8-21(9-12-29)31-24-22-10-13-30(23(22)27-17-28-24)15-18-4-2-1-3-5-18/h1-7,10,13-14,17,21H,8-9,11-12,15-16H2. The minimum atomic E-state index is -0.301. The smallest absolute Gasteiger partial charge is 0.226 e. The van der Waals surface area contributed by atoms with Gasteiger partial charge in [-0.05, 0) is 36.6 Å². The van der Waals surface area contributed by atoms with Crippen molar-refractivity contribution in [1.29, 1.82) is 0 Å². The molecule has 6 nitrogen and oxygen atoms in total. The maximum Gasteiger partial charge on any atom is 0.226 e. The van der Waals surface area contributed by atoms with Crippen LogP contribution in [0, 0.1) is 5.82 Å². The van der Waals surface area contributed by atoms with Gasteiger partial charge in [-0.3, -0.25) is 9.88 Å². The van der Waals surface area contributed by atoms with Crippen molar-refractivity contribution < 1.29 is 9.13 Å². The SMILES string of the molecule is Fc1ccc(CN2CCC(Oc3ncnc4c3ccn4Cc3ccccc3)CC2)nc1. The first-order chi connectivity index (χ1) is 15.2. The molecule has 4 aromatic rings. The Bertz CT molecular complexity index is 1140. The molecule has 0 amide bonds. The largest absolute Gasteiger partial charge is 0.474 e. The van der Waals surface area contributed by atoms with Crippen LogP contribution < -0.4 is 4.74 Å². The van der Waals surface area contributed by atoms with Gasteiger partial charge in [-0.15, -0.1) is 0 Å². The zero-order valence-electron chi connectivity index (χ0n) is 17.2. The molecule has 1 aliphatic rings. The Morgan fingerprint density at radius 1 is 0.935 bits per heavy atom. The van der Waals surface area contributed by atoms with E-state index in [1.165, 1.54) is 17.8 Å². The van der Waals surface area contributed by atoms with Crippen LogP contribution in [0.25, 0.3) is 11.0 Å². The number of ether oxygens (including phenoxy) is 1. The van der Waals surface area contributed by atoms with Gasteiger partial charge in [0.25, 0.3) is 0 Å². The summed E-state index contributed by atoms with van der Waals surface area (Å²) < 4.78 is 21.5. The second-order valence-corrected chi connectivity index (χ2v) is 7.91. The van der Waals surface area contributed by atoms with Crippen LogP contribution in [0.15, 0.2) is 67.3 Å². The van der Waals surface area contributed by atoms with Gasteiger partial charge in [0, 0.05) is 32.4 Å². The van der Waals surface area contributed by atoms with Crippen LogP contribution in [0.5, 0.6) is 5.88 Å². The van der Waals surface area contributed by atoms with E-state index in [9.17, 15) is 4.39 Å². The summed E-state index contributed by atoms with van der Waals surface area (Å²) in [7, 11) is 0. The van der Waals surface area contributed by atoms with Crippen molar-refractivity contribution in [3.63, 3.8) is 0 Å². The van der Waals surface area contributed by atoms with Crippen molar-refractivity contribution in [3.05, 3.63) is 84.3 Å². The Morgan fingerprint density at radius 2 is 1.77 bits per heavy atom. The number of halogens is 1. The normalized spacial score (nSPS) is 15.4. The Hall–Kier alpha value is -3.32. The lowest BCUT2D eigenvalue weighted by molar-refractivity contribution is 0.0938. The molecule has 0 bridgehead atoms. The summed E-state index contributed by atoms with van der Waals surface area (Å²) in [6, 6.07) is 15.6. The van der Waals surface area contributed by atoms with E-state index in [0.717, 1.165) is 55.7 Å². The van der Waals surface area contributed by atoms with Crippen LogP contribution >= 0.6 is 0 Å². The lowest BCUT2D eigenvalue weighted by Gasteiger charge is -2.31. The fraction of sp³-hybridized carbons (Fsp3) is 0.292. The minimum Gasteiger partial charge on any atom is -0.474 e. The van der Waals surface area contributed by atoms with Crippen molar-refractivity contribution in [1.82, 2.24) is 24.4 Å². The topological polar surface area (TPSA) is 56.1 Å². The van der Waals surface area contributed by atoms with E-state index in [1.807, 2.05) is 30.5 Å². The third kappa shape index (κ3) is 4.56. The van der Waals surface area contributed by atoms with Crippen molar-refractivity contribution in [2.24, 2.45) is 0 Å². The molecule has 0 aliphatic carbocycles. The Kier molecular flexibility index (Phi) is 5.58. The molecule has 0 saturated carbocycles. The quantitative estimate of drug-likeness (QED) is 0.474. The molecular weight excluding hydrogens is 393 g/mol. The number of pyridine rings is 1. The monoisotopic (exact) mass is 417 g/mol. The molecule has 1 aliphatic heterocycles. The molecule has 31 heavy (non-hydrogen) atoms. The van der Waals surface area contributed by atoms with Gasteiger partial charge in [0.2, 0.25) is 5.88 Å². The van der Waals surface area contributed by atoms with Crippen molar-refractivity contribution >= 4 is 11.0 Å². The number of hydrogen-bond acceptors (Lipinski definition) is 5. The lowest BCUT2D eigenvalue weighted by Crippen LogP contribution is -2.38. The fourth-order valence-electron chi connectivity index (χ4n) is 4.05. The van der Waals surface area contributed by atoms with E-state index in [-0.39, 0.29) is 11.9 Å². The summed E-state index contributed by atoms with van der Waals surface area (Å²) in [4.78, 5) is 15.4. The van der Waals surface area contributed by atoms with Crippen LogP contribution in [-0.2, 0) is 13.1 Å². The summed E-state index contributed by atoms with van der Waals surface area (Å²) >= 11 is 0. The summed E-state index contributed by atoms with van der Waals surface area (Å²) in [6.45, 7) is 3.31. The van der Waals surface area contributed by atoms with Crippen LogP contribution in [-0.4, -0.2) is 43.6 Å². The summed E-state index contributed by atoms with van der Waals surface area (Å²) in [5.41, 5.74) is 3.00. The molecule has 4 heterocycles. The van der Waals surface area contributed by atoms with E-state index in [4.69, 9.17) is 4.74 Å². The molecule has 1 fully saturated rings. The highest BCUT2D eigenvalue weighted by Crippen LogP contribution is 2.26. The number of nitrogens with zero attached hydrogens (tertiary/aromatic N) is 5. The first-order valence-corrected chi connectivity index (χ1v) is 10.6. The molecule has 158 valence electrons. The van der Waals surface area contributed by atoms with Crippen molar-refractivity contribution in [2.45, 2.75) is 32.0 Å². The number of fused-ring (bicyclic) bond motifs is 1. The lowest BCUT2D eigenvalue weighted by atomic mass is 10.1. The van der Waals surface area contributed by atoms with E-state index in [0.29, 0.717) is 5.88 Å². The van der Waals surface area contributed by atoms with Crippen molar-refractivity contribution in [3.8, 4) is 5.88 Å². The molecule has 0 unspecified atom stereocenters. The molecule has 0 N–H and O–H groups in total. The highest BCUT2D eigenvalue weighted by molar-refractivity contribution is 5.81. The van der Waals surface area contributed by atoms with Crippen LogP contribution in [0.4, 0.5) is 4.39 Å². The Balaban J connectivity index is 1.22. The average Bonchev–Trinajstić information content (AvgIpc) is 3.21. The average molecular weight is 417 g/mol. The number of benzene rings is 1. The second-order valence-electron chi connectivity index (χ2n) is 7.91. The Morgan fingerprint density at radius 3 is 2.55 bits per heavy atom. The molecule has 0 atom stereocenters. The van der Waals surface area contributed by atoms with Gasteiger partial charge in [-0.1, -0.05) is 30.3 Å². The maximum atomic E-state index is 13.0. The summed E-state index contributed by atoms with van der Waals surface area (Å²) in [5.74, 6) is 0.347. The molecule has 0 radical (unpaired) electrons. The predicted octanol–water partition coefficient (Wildman–Crippen LogP) is 4.06. The fourth-order valence-corrected chi connectivity index (χ4v) is 4.05. The zero-order valence-corrected chi connectivity index (χ0v) is 17.2.